The molecule has 17 heavy (non-hydrogen) atoms. The molecule has 0 bridgehead atoms. The summed E-state index contributed by atoms with van der Waals surface area (Å²) in [5.74, 6) is -2.53. The summed E-state index contributed by atoms with van der Waals surface area (Å²) in [6, 6.07) is 5.21. The number of hydrogen-bond acceptors (Lipinski definition) is 2. The number of alkyl halides is 3. The summed E-state index contributed by atoms with van der Waals surface area (Å²) in [7, 11) is 1.39. The first-order valence-corrected chi connectivity index (χ1v) is 4.55. The van der Waals surface area contributed by atoms with Crippen LogP contribution in [-0.2, 0) is 4.79 Å². The third-order valence-corrected chi connectivity index (χ3v) is 1.87. The molecule has 0 saturated heterocycles. The van der Waals surface area contributed by atoms with Crippen molar-refractivity contribution in [3.8, 4) is 0 Å². The number of hydrogen-bond donors (Lipinski definition) is 2. The third kappa shape index (κ3) is 3.47. The van der Waals surface area contributed by atoms with Gasteiger partial charge in [0.1, 0.15) is 0 Å². The van der Waals surface area contributed by atoms with Gasteiger partial charge in [0.15, 0.2) is 0 Å². The van der Waals surface area contributed by atoms with Crippen molar-refractivity contribution in [3.63, 3.8) is 0 Å². The number of benzene rings is 1. The predicted molar refractivity (Wildman–Crippen MR) is 54.5 cm³/mol. The van der Waals surface area contributed by atoms with Crippen LogP contribution in [0.5, 0.6) is 0 Å². The first-order chi connectivity index (χ1) is 7.84. The number of carbonyl (C=O) groups is 2. The molecule has 7 heteroatoms. The van der Waals surface area contributed by atoms with E-state index in [9.17, 15) is 22.8 Å². The van der Waals surface area contributed by atoms with Crippen molar-refractivity contribution in [1.82, 2.24) is 5.32 Å². The average Bonchev–Trinajstić information content (AvgIpc) is 2.27. The van der Waals surface area contributed by atoms with Crippen molar-refractivity contribution in [2.45, 2.75) is 6.18 Å². The Morgan fingerprint density at radius 1 is 1.24 bits per heavy atom. The summed E-state index contributed by atoms with van der Waals surface area (Å²) in [5, 5.41) is 3.98. The van der Waals surface area contributed by atoms with E-state index in [4.69, 9.17) is 0 Å². The second-order valence-corrected chi connectivity index (χ2v) is 3.11. The standard InChI is InChI=1S/C10H9F3N2O2/c1-14-8(16)6-3-2-4-7(5-6)15-9(17)10(11,12)13/h2-5H,1H3,(H,14,16)(H,15,17). The summed E-state index contributed by atoms with van der Waals surface area (Å²) in [5.41, 5.74) is 0.0703. The van der Waals surface area contributed by atoms with Crippen molar-refractivity contribution < 1.29 is 22.8 Å². The van der Waals surface area contributed by atoms with Gasteiger partial charge in [-0.1, -0.05) is 6.07 Å². The Morgan fingerprint density at radius 2 is 1.88 bits per heavy atom. The highest BCUT2D eigenvalue weighted by Gasteiger charge is 2.38. The summed E-state index contributed by atoms with van der Waals surface area (Å²) < 4.78 is 35.9. The zero-order valence-corrected chi connectivity index (χ0v) is 8.76. The van der Waals surface area contributed by atoms with Gasteiger partial charge in [0, 0.05) is 18.3 Å². The number of amides is 2. The van der Waals surface area contributed by atoms with Crippen LogP contribution in [-0.4, -0.2) is 25.0 Å². The largest absolute Gasteiger partial charge is 0.471 e. The zero-order valence-electron chi connectivity index (χ0n) is 8.76. The van der Waals surface area contributed by atoms with E-state index in [2.05, 4.69) is 5.32 Å². The van der Waals surface area contributed by atoms with E-state index in [-0.39, 0.29) is 11.3 Å². The highest BCUT2D eigenvalue weighted by molar-refractivity contribution is 5.98. The Bertz CT molecular complexity index is 443. The Morgan fingerprint density at radius 3 is 2.41 bits per heavy atom. The minimum Gasteiger partial charge on any atom is -0.355 e. The van der Waals surface area contributed by atoms with Crippen molar-refractivity contribution >= 4 is 17.5 Å². The summed E-state index contributed by atoms with van der Waals surface area (Å²) in [6.45, 7) is 0. The number of carbonyl (C=O) groups excluding carboxylic acids is 2. The molecular formula is C10H9F3N2O2. The van der Waals surface area contributed by atoms with Crippen LogP contribution >= 0.6 is 0 Å². The average molecular weight is 246 g/mol. The van der Waals surface area contributed by atoms with E-state index in [1.807, 2.05) is 0 Å². The van der Waals surface area contributed by atoms with Crippen LogP contribution in [0, 0.1) is 0 Å². The van der Waals surface area contributed by atoms with Gasteiger partial charge in [-0.15, -0.1) is 0 Å². The first-order valence-electron chi connectivity index (χ1n) is 4.55. The molecule has 2 N–H and O–H groups in total. The van der Waals surface area contributed by atoms with Gasteiger partial charge in [-0.25, -0.2) is 0 Å². The van der Waals surface area contributed by atoms with Crippen LogP contribution in [0.25, 0.3) is 0 Å². The maximum absolute atomic E-state index is 12.0. The quantitative estimate of drug-likeness (QED) is 0.831. The van der Waals surface area contributed by atoms with Crippen LogP contribution < -0.4 is 10.6 Å². The Labute approximate surface area is 94.8 Å². The molecule has 1 aromatic rings. The third-order valence-electron chi connectivity index (χ3n) is 1.87. The maximum Gasteiger partial charge on any atom is 0.471 e. The van der Waals surface area contributed by atoms with Crippen molar-refractivity contribution in [3.05, 3.63) is 29.8 Å². The molecule has 0 radical (unpaired) electrons. The van der Waals surface area contributed by atoms with Crippen molar-refractivity contribution in [2.24, 2.45) is 0 Å². The minimum absolute atomic E-state index is 0.0894. The molecule has 0 atom stereocenters. The number of halogens is 3. The van der Waals surface area contributed by atoms with Gasteiger partial charge in [-0.2, -0.15) is 13.2 Å². The molecule has 1 aromatic carbocycles. The van der Waals surface area contributed by atoms with Crippen molar-refractivity contribution in [1.29, 1.82) is 0 Å². The van der Waals surface area contributed by atoms with E-state index < -0.39 is 18.0 Å². The van der Waals surface area contributed by atoms with Gasteiger partial charge in [0.25, 0.3) is 5.91 Å². The molecule has 0 aliphatic carbocycles. The van der Waals surface area contributed by atoms with Gasteiger partial charge in [0.2, 0.25) is 0 Å². The molecular weight excluding hydrogens is 237 g/mol. The molecule has 1 rings (SSSR count). The second kappa shape index (κ2) is 4.86. The second-order valence-electron chi connectivity index (χ2n) is 3.11. The van der Waals surface area contributed by atoms with Gasteiger partial charge >= 0.3 is 12.1 Å². The number of anilines is 1. The lowest BCUT2D eigenvalue weighted by molar-refractivity contribution is -0.167. The molecule has 92 valence electrons. The Kier molecular flexibility index (Phi) is 3.72. The lowest BCUT2D eigenvalue weighted by Gasteiger charge is -2.08. The van der Waals surface area contributed by atoms with Gasteiger partial charge in [-0.05, 0) is 18.2 Å². The molecule has 0 spiro atoms. The fourth-order valence-electron chi connectivity index (χ4n) is 1.08. The summed E-state index contributed by atoms with van der Waals surface area (Å²) >= 11 is 0. The molecule has 2 amide bonds. The molecule has 0 aliphatic rings. The fraction of sp³-hybridized carbons (Fsp3) is 0.200. The van der Waals surface area contributed by atoms with Gasteiger partial charge < -0.3 is 10.6 Å². The zero-order chi connectivity index (χ0) is 13.1. The summed E-state index contributed by atoms with van der Waals surface area (Å²) in [6.07, 6.45) is -4.96. The number of rotatable bonds is 2. The lowest BCUT2D eigenvalue weighted by Crippen LogP contribution is -2.30. The minimum atomic E-state index is -4.96. The SMILES string of the molecule is CNC(=O)c1cccc(NC(=O)C(F)(F)F)c1. The fourth-order valence-corrected chi connectivity index (χ4v) is 1.08. The lowest BCUT2D eigenvalue weighted by atomic mass is 10.2. The molecule has 0 aromatic heterocycles. The van der Waals surface area contributed by atoms with Crippen LogP contribution in [0.2, 0.25) is 0 Å². The number of nitrogens with one attached hydrogen (secondary N) is 2. The van der Waals surface area contributed by atoms with E-state index in [0.717, 1.165) is 6.07 Å². The monoisotopic (exact) mass is 246 g/mol. The Balaban J connectivity index is 2.87. The van der Waals surface area contributed by atoms with E-state index in [1.54, 1.807) is 5.32 Å². The van der Waals surface area contributed by atoms with Crippen molar-refractivity contribution in [2.75, 3.05) is 12.4 Å². The normalized spacial score (nSPS) is 10.8. The molecule has 4 nitrogen and oxygen atoms in total. The molecule has 0 unspecified atom stereocenters. The summed E-state index contributed by atoms with van der Waals surface area (Å²) in [4.78, 5) is 21.9. The van der Waals surface area contributed by atoms with Crippen LogP contribution in [0.1, 0.15) is 10.4 Å². The molecule has 0 fully saturated rings. The Hall–Kier alpha value is -2.05. The van der Waals surface area contributed by atoms with Crippen LogP contribution in [0.15, 0.2) is 24.3 Å². The van der Waals surface area contributed by atoms with Gasteiger partial charge in [0.05, 0.1) is 0 Å². The molecule has 0 aliphatic heterocycles. The van der Waals surface area contributed by atoms with Crippen LogP contribution in [0.4, 0.5) is 18.9 Å². The molecule has 0 heterocycles. The van der Waals surface area contributed by atoms with Gasteiger partial charge in [-0.3, -0.25) is 9.59 Å². The smallest absolute Gasteiger partial charge is 0.355 e. The predicted octanol–water partition coefficient (Wildman–Crippen LogP) is 1.55. The topological polar surface area (TPSA) is 58.2 Å². The van der Waals surface area contributed by atoms with E-state index in [1.165, 1.54) is 25.2 Å². The highest BCUT2D eigenvalue weighted by Crippen LogP contribution is 2.18. The highest BCUT2D eigenvalue weighted by atomic mass is 19.4. The van der Waals surface area contributed by atoms with E-state index in [0.29, 0.717) is 0 Å². The van der Waals surface area contributed by atoms with E-state index >= 15 is 0 Å². The molecule has 0 saturated carbocycles. The first kappa shape index (κ1) is 13.0. The van der Waals surface area contributed by atoms with Crippen LogP contribution in [0.3, 0.4) is 0 Å². The maximum atomic E-state index is 12.0.